The van der Waals surface area contributed by atoms with Crippen molar-refractivity contribution in [3.8, 4) is 5.88 Å². The van der Waals surface area contributed by atoms with Gasteiger partial charge in [0.2, 0.25) is 5.88 Å². The van der Waals surface area contributed by atoms with Gasteiger partial charge < -0.3 is 15.2 Å². The number of carbonyl (C=O) groups excluding carboxylic acids is 1. The molecule has 0 bridgehead atoms. The lowest BCUT2D eigenvalue weighted by Gasteiger charge is -2.13. The summed E-state index contributed by atoms with van der Waals surface area (Å²) in [5.74, 6) is 0.103. The molecule has 1 rings (SSSR count). The largest absolute Gasteiger partial charge is 0.477 e. The number of aliphatic hydroxyl groups excluding tert-OH is 1. The van der Waals surface area contributed by atoms with Gasteiger partial charge in [-0.15, -0.1) is 0 Å². The number of nitrogens with zero attached hydrogens (tertiary/aromatic N) is 1. The third-order valence-electron chi connectivity index (χ3n) is 2.24. The Hall–Kier alpha value is -1.62. The number of pyridine rings is 1. The summed E-state index contributed by atoms with van der Waals surface area (Å²) in [6, 6.07) is 3.27. The highest BCUT2D eigenvalue weighted by molar-refractivity contribution is 5.96. The molecule has 5 nitrogen and oxygen atoms in total. The van der Waals surface area contributed by atoms with Crippen LogP contribution in [0, 0.1) is 0 Å². The van der Waals surface area contributed by atoms with Crippen molar-refractivity contribution in [3.05, 3.63) is 23.9 Å². The van der Waals surface area contributed by atoms with Crippen molar-refractivity contribution in [2.24, 2.45) is 0 Å². The van der Waals surface area contributed by atoms with Crippen LogP contribution in [0.4, 0.5) is 0 Å². The fourth-order valence-electron chi connectivity index (χ4n) is 1.38. The second-order valence-corrected chi connectivity index (χ2v) is 3.68. The van der Waals surface area contributed by atoms with E-state index in [-0.39, 0.29) is 18.6 Å². The number of rotatable bonds is 6. The molecule has 0 saturated carbocycles. The van der Waals surface area contributed by atoms with Crippen LogP contribution in [0.25, 0.3) is 0 Å². The Morgan fingerprint density at radius 1 is 1.65 bits per heavy atom. The minimum absolute atomic E-state index is 0.0484. The highest BCUT2D eigenvalue weighted by Gasteiger charge is 2.14. The van der Waals surface area contributed by atoms with E-state index in [1.54, 1.807) is 18.3 Å². The van der Waals surface area contributed by atoms with Crippen molar-refractivity contribution in [1.82, 2.24) is 10.3 Å². The average Bonchev–Trinajstić information content (AvgIpc) is 2.30. The molecular weight excluding hydrogens is 220 g/mol. The highest BCUT2D eigenvalue weighted by atomic mass is 16.5. The molecule has 0 aliphatic heterocycles. The summed E-state index contributed by atoms with van der Waals surface area (Å²) in [6.07, 6.45) is 2.11. The van der Waals surface area contributed by atoms with Crippen LogP contribution in [-0.4, -0.2) is 35.3 Å². The summed E-state index contributed by atoms with van der Waals surface area (Å²) in [5.41, 5.74) is 0.416. The fourth-order valence-corrected chi connectivity index (χ4v) is 1.38. The van der Waals surface area contributed by atoms with E-state index in [1.807, 2.05) is 13.8 Å². The lowest BCUT2D eigenvalue weighted by molar-refractivity contribution is 0.0929. The molecule has 17 heavy (non-hydrogen) atoms. The quantitative estimate of drug-likeness (QED) is 0.775. The number of ether oxygens (including phenoxy) is 1. The third kappa shape index (κ3) is 4.03. The van der Waals surface area contributed by atoms with Crippen LogP contribution in [0.5, 0.6) is 5.88 Å². The summed E-state index contributed by atoms with van der Waals surface area (Å²) in [5, 5.41) is 11.5. The molecule has 0 unspecified atom stereocenters. The van der Waals surface area contributed by atoms with Gasteiger partial charge in [-0.2, -0.15) is 0 Å². The van der Waals surface area contributed by atoms with Gasteiger partial charge in [-0.3, -0.25) is 4.79 Å². The van der Waals surface area contributed by atoms with E-state index in [9.17, 15) is 4.79 Å². The summed E-state index contributed by atoms with van der Waals surface area (Å²) in [6.45, 7) is 4.19. The first kappa shape index (κ1) is 13.4. The molecule has 0 fully saturated rings. The molecular formula is C12H18N2O3. The fraction of sp³-hybridized carbons (Fsp3) is 0.500. The lowest BCUT2D eigenvalue weighted by Crippen LogP contribution is -2.33. The van der Waals surface area contributed by atoms with Gasteiger partial charge in [0.1, 0.15) is 5.56 Å². The van der Waals surface area contributed by atoms with Gasteiger partial charge in [-0.1, -0.05) is 0 Å². The van der Waals surface area contributed by atoms with Crippen LogP contribution in [0.3, 0.4) is 0 Å². The van der Waals surface area contributed by atoms with Crippen molar-refractivity contribution in [2.75, 3.05) is 13.2 Å². The normalized spacial score (nSPS) is 11.9. The molecule has 94 valence electrons. The summed E-state index contributed by atoms with van der Waals surface area (Å²) < 4.78 is 5.28. The summed E-state index contributed by atoms with van der Waals surface area (Å²) in [7, 11) is 0. The average molecular weight is 238 g/mol. The Balaban J connectivity index is 2.74. The van der Waals surface area contributed by atoms with Gasteiger partial charge in [0.25, 0.3) is 5.91 Å². The van der Waals surface area contributed by atoms with E-state index < -0.39 is 0 Å². The highest BCUT2D eigenvalue weighted by Crippen LogP contribution is 2.14. The van der Waals surface area contributed by atoms with Crippen LogP contribution < -0.4 is 10.1 Å². The molecule has 1 heterocycles. The number of hydrogen-bond acceptors (Lipinski definition) is 4. The maximum absolute atomic E-state index is 11.9. The molecule has 0 aliphatic carbocycles. The zero-order chi connectivity index (χ0) is 12.7. The van der Waals surface area contributed by atoms with Gasteiger partial charge in [-0.05, 0) is 32.4 Å². The van der Waals surface area contributed by atoms with E-state index in [1.165, 1.54) is 0 Å². The molecule has 0 spiro atoms. The molecule has 5 heteroatoms. The van der Waals surface area contributed by atoms with Crippen LogP contribution in [0.2, 0.25) is 0 Å². The van der Waals surface area contributed by atoms with Gasteiger partial charge in [0.15, 0.2) is 0 Å². The number of carbonyl (C=O) groups is 1. The maximum atomic E-state index is 11.9. The molecule has 0 aromatic carbocycles. The number of aromatic nitrogens is 1. The zero-order valence-electron chi connectivity index (χ0n) is 10.1. The first-order valence-corrected chi connectivity index (χ1v) is 5.68. The van der Waals surface area contributed by atoms with Crippen LogP contribution in [0.1, 0.15) is 30.6 Å². The second kappa shape index (κ2) is 6.85. The van der Waals surface area contributed by atoms with E-state index >= 15 is 0 Å². The molecule has 1 atom stereocenters. The number of nitrogens with one attached hydrogen (secondary N) is 1. The van der Waals surface area contributed by atoms with Crippen LogP contribution in [-0.2, 0) is 0 Å². The maximum Gasteiger partial charge on any atom is 0.256 e. The number of aliphatic hydroxyl groups is 1. The van der Waals surface area contributed by atoms with Crippen molar-refractivity contribution >= 4 is 5.91 Å². The monoisotopic (exact) mass is 238 g/mol. The van der Waals surface area contributed by atoms with E-state index in [4.69, 9.17) is 9.84 Å². The minimum atomic E-state index is -0.234. The summed E-state index contributed by atoms with van der Waals surface area (Å²) in [4.78, 5) is 15.9. The van der Waals surface area contributed by atoms with E-state index in [2.05, 4.69) is 10.3 Å². The SMILES string of the molecule is CCOc1ncccc1C(=O)N[C@H](C)CCO. The smallest absolute Gasteiger partial charge is 0.256 e. The first-order chi connectivity index (χ1) is 8.19. The Kier molecular flexibility index (Phi) is 5.42. The Morgan fingerprint density at radius 3 is 3.06 bits per heavy atom. The third-order valence-corrected chi connectivity index (χ3v) is 2.24. The topological polar surface area (TPSA) is 71.5 Å². The van der Waals surface area contributed by atoms with Gasteiger partial charge in [0.05, 0.1) is 6.61 Å². The molecule has 2 N–H and O–H groups in total. The lowest BCUT2D eigenvalue weighted by atomic mass is 10.2. The molecule has 0 saturated heterocycles. The molecule has 1 aromatic rings. The molecule has 0 aliphatic rings. The standard InChI is InChI=1S/C12H18N2O3/c1-3-17-12-10(5-4-7-13-12)11(16)14-9(2)6-8-15/h4-5,7,9,15H,3,6,8H2,1-2H3,(H,14,16)/t9-/m1/s1. The number of hydrogen-bond donors (Lipinski definition) is 2. The van der Waals surface area contributed by atoms with Gasteiger partial charge in [0, 0.05) is 18.8 Å². The minimum Gasteiger partial charge on any atom is -0.477 e. The second-order valence-electron chi connectivity index (χ2n) is 3.68. The Morgan fingerprint density at radius 2 is 2.41 bits per heavy atom. The predicted octanol–water partition coefficient (Wildman–Crippen LogP) is 0.981. The first-order valence-electron chi connectivity index (χ1n) is 5.68. The Labute approximate surface area is 101 Å². The van der Waals surface area contributed by atoms with Crippen molar-refractivity contribution in [1.29, 1.82) is 0 Å². The van der Waals surface area contributed by atoms with Gasteiger partial charge >= 0.3 is 0 Å². The molecule has 1 amide bonds. The van der Waals surface area contributed by atoms with Crippen molar-refractivity contribution in [3.63, 3.8) is 0 Å². The predicted molar refractivity (Wildman–Crippen MR) is 64.0 cm³/mol. The summed E-state index contributed by atoms with van der Waals surface area (Å²) >= 11 is 0. The van der Waals surface area contributed by atoms with Crippen LogP contribution >= 0.6 is 0 Å². The van der Waals surface area contributed by atoms with Crippen LogP contribution in [0.15, 0.2) is 18.3 Å². The van der Waals surface area contributed by atoms with E-state index in [0.29, 0.717) is 24.5 Å². The molecule has 1 aromatic heterocycles. The van der Waals surface area contributed by atoms with Gasteiger partial charge in [-0.25, -0.2) is 4.98 Å². The number of amides is 1. The zero-order valence-corrected chi connectivity index (χ0v) is 10.1. The molecule has 0 radical (unpaired) electrons. The van der Waals surface area contributed by atoms with Crippen molar-refractivity contribution < 1.29 is 14.6 Å². The van der Waals surface area contributed by atoms with Crippen molar-refractivity contribution in [2.45, 2.75) is 26.3 Å². The Bertz CT molecular complexity index is 369. The van der Waals surface area contributed by atoms with E-state index in [0.717, 1.165) is 0 Å².